The van der Waals surface area contributed by atoms with Crippen molar-refractivity contribution in [1.82, 2.24) is 4.57 Å². The molecule has 0 bridgehead atoms. The zero-order valence-corrected chi connectivity index (χ0v) is 40.3. The summed E-state index contributed by atoms with van der Waals surface area (Å²) >= 11 is 1.94. The van der Waals surface area contributed by atoms with Gasteiger partial charge < -0.3 is 14.4 Å². The molecule has 14 rings (SSSR count). The lowest BCUT2D eigenvalue weighted by Crippen LogP contribution is -2.30. The fourth-order valence-electron chi connectivity index (χ4n) is 12.0. The second kappa shape index (κ2) is 16.9. The standard InChI is InChI=1S/C68H47N3S/c1-46-22-8-2-9-23-47-44-53(69(48-24-10-3-11-25-48)49-26-12-4-13-27-49)36-40-59(47)68(46)60-41-37-54(70(50-28-14-5-15-29-50)51-30-16-6-17-31-51)45-58(60)64-61(68)42-38-55-56-39-43-63-65(67(56)72-66(55)64)57-34-20-21-35-62(57)71(63)52-32-18-7-19-33-52/h2-22,24-45H,1,23H2/b9-2-,22-8-. The Balaban J connectivity index is 1.07. The third-order valence-electron chi connectivity index (χ3n) is 15.0. The van der Waals surface area contributed by atoms with Gasteiger partial charge in [0.1, 0.15) is 0 Å². The van der Waals surface area contributed by atoms with Crippen molar-refractivity contribution in [2.24, 2.45) is 0 Å². The Labute approximate surface area is 423 Å². The van der Waals surface area contributed by atoms with Gasteiger partial charge in [-0.3, -0.25) is 0 Å². The van der Waals surface area contributed by atoms with Crippen molar-refractivity contribution in [3.05, 3.63) is 295 Å². The van der Waals surface area contributed by atoms with E-state index in [-0.39, 0.29) is 0 Å². The predicted molar refractivity (Wildman–Crippen MR) is 306 cm³/mol. The van der Waals surface area contributed by atoms with Gasteiger partial charge in [-0.05, 0) is 137 Å². The van der Waals surface area contributed by atoms with Crippen LogP contribution < -0.4 is 9.80 Å². The van der Waals surface area contributed by atoms with Crippen molar-refractivity contribution in [2.75, 3.05) is 9.80 Å². The van der Waals surface area contributed by atoms with Crippen molar-refractivity contribution in [3.8, 4) is 16.8 Å². The van der Waals surface area contributed by atoms with Gasteiger partial charge in [-0.15, -0.1) is 11.3 Å². The van der Waals surface area contributed by atoms with E-state index in [0.29, 0.717) is 0 Å². The smallest absolute Gasteiger partial charge is 0.0711 e. The summed E-state index contributed by atoms with van der Waals surface area (Å²) in [5.74, 6) is 0. The molecular formula is C68H47N3S. The van der Waals surface area contributed by atoms with Crippen LogP contribution in [0.25, 0.3) is 58.8 Å². The number of allylic oxidation sites excluding steroid dienone is 5. The van der Waals surface area contributed by atoms with Gasteiger partial charge in [0.2, 0.25) is 0 Å². The molecule has 0 aliphatic heterocycles. The van der Waals surface area contributed by atoms with E-state index in [1.165, 1.54) is 75.4 Å². The summed E-state index contributed by atoms with van der Waals surface area (Å²) in [4.78, 5) is 4.76. The SMILES string of the molecule is C=C1/C=C\C=C/Cc2cc(N(c3ccccc3)c3ccccc3)ccc2C12c1ccc(N(c3ccccc3)c3ccccc3)cc1-c1c2ccc2c1sc1c2ccc2c1c1ccccc1n2-c1ccccc1. The van der Waals surface area contributed by atoms with Crippen LogP contribution in [0.2, 0.25) is 0 Å². The first kappa shape index (κ1) is 42.0. The van der Waals surface area contributed by atoms with Gasteiger partial charge in [0.05, 0.1) is 16.4 Å². The summed E-state index contributed by atoms with van der Waals surface area (Å²) < 4.78 is 5.03. The van der Waals surface area contributed by atoms with Gasteiger partial charge in [-0.1, -0.05) is 170 Å². The van der Waals surface area contributed by atoms with Crippen molar-refractivity contribution in [2.45, 2.75) is 11.8 Å². The average Bonchev–Trinajstić information content (AvgIpc) is 4.10. The molecule has 3 nitrogen and oxygen atoms in total. The summed E-state index contributed by atoms with van der Waals surface area (Å²) in [6, 6.07) is 86.6. The normalized spacial score (nSPS) is 15.8. The van der Waals surface area contributed by atoms with Crippen LogP contribution >= 0.6 is 11.3 Å². The van der Waals surface area contributed by atoms with Gasteiger partial charge in [0.25, 0.3) is 0 Å². The first-order valence-corrected chi connectivity index (χ1v) is 25.6. The van der Waals surface area contributed by atoms with Crippen molar-refractivity contribution >= 4 is 87.4 Å². The van der Waals surface area contributed by atoms with Crippen LogP contribution in [-0.4, -0.2) is 4.57 Å². The number of aromatic nitrogens is 1. The van der Waals surface area contributed by atoms with Crippen LogP contribution in [0.1, 0.15) is 22.3 Å². The van der Waals surface area contributed by atoms with Crippen LogP contribution in [0.5, 0.6) is 0 Å². The van der Waals surface area contributed by atoms with Crippen molar-refractivity contribution < 1.29 is 0 Å². The van der Waals surface area contributed by atoms with Crippen LogP contribution in [0.4, 0.5) is 34.1 Å². The highest BCUT2D eigenvalue weighted by Crippen LogP contribution is 2.62. The van der Waals surface area contributed by atoms with Gasteiger partial charge in [0, 0.05) is 76.3 Å². The molecule has 72 heavy (non-hydrogen) atoms. The van der Waals surface area contributed by atoms with Crippen LogP contribution in [0, 0.1) is 0 Å². The van der Waals surface area contributed by atoms with E-state index in [1.807, 2.05) is 11.3 Å². The third kappa shape index (κ3) is 6.36. The van der Waals surface area contributed by atoms with Gasteiger partial charge in [0.15, 0.2) is 0 Å². The first-order chi connectivity index (χ1) is 35.7. The Morgan fingerprint density at radius 2 is 0.958 bits per heavy atom. The second-order valence-electron chi connectivity index (χ2n) is 18.8. The molecule has 2 aliphatic rings. The number of anilines is 6. The van der Waals surface area contributed by atoms with Crippen molar-refractivity contribution in [1.29, 1.82) is 0 Å². The molecule has 1 atom stereocenters. The number of fused-ring (bicyclic) bond motifs is 15. The Morgan fingerprint density at radius 1 is 0.431 bits per heavy atom. The number of nitrogens with zero attached hydrogens (tertiary/aromatic N) is 3. The first-order valence-electron chi connectivity index (χ1n) is 24.8. The number of benzene rings is 10. The topological polar surface area (TPSA) is 11.4 Å². The van der Waals surface area contributed by atoms with Gasteiger partial charge in [-0.2, -0.15) is 0 Å². The molecule has 2 aliphatic carbocycles. The minimum absolute atomic E-state index is 0.711. The molecule has 10 aromatic carbocycles. The van der Waals surface area contributed by atoms with Gasteiger partial charge >= 0.3 is 0 Å². The third-order valence-corrected chi connectivity index (χ3v) is 16.2. The number of para-hydroxylation sites is 6. The predicted octanol–water partition coefficient (Wildman–Crippen LogP) is 18.6. The fraction of sp³-hybridized carbons (Fsp3) is 0.0294. The Kier molecular flexibility index (Phi) is 9.84. The molecule has 2 heterocycles. The van der Waals surface area contributed by atoms with Crippen LogP contribution in [0.15, 0.2) is 273 Å². The molecule has 2 aromatic heterocycles. The summed E-state index contributed by atoms with van der Waals surface area (Å²) in [6.07, 6.45) is 9.69. The molecule has 0 amide bonds. The number of hydrogen-bond donors (Lipinski definition) is 0. The van der Waals surface area contributed by atoms with Crippen LogP contribution in [0.3, 0.4) is 0 Å². The van der Waals surface area contributed by atoms with Gasteiger partial charge in [-0.25, -0.2) is 0 Å². The molecule has 0 N–H and O–H groups in total. The molecule has 0 fully saturated rings. The van der Waals surface area contributed by atoms with Crippen LogP contribution in [-0.2, 0) is 11.8 Å². The second-order valence-corrected chi connectivity index (χ2v) is 19.9. The number of thiophene rings is 1. The fourth-order valence-corrected chi connectivity index (χ4v) is 13.4. The van der Waals surface area contributed by atoms with E-state index >= 15 is 0 Å². The Morgan fingerprint density at radius 3 is 1.60 bits per heavy atom. The summed E-state index contributed by atoms with van der Waals surface area (Å²) in [7, 11) is 0. The molecule has 0 radical (unpaired) electrons. The minimum Gasteiger partial charge on any atom is -0.310 e. The maximum absolute atomic E-state index is 5.08. The Hall–Kier alpha value is -8.96. The zero-order valence-electron chi connectivity index (χ0n) is 39.5. The van der Waals surface area contributed by atoms with E-state index < -0.39 is 5.41 Å². The quantitative estimate of drug-likeness (QED) is 0.158. The molecule has 0 saturated carbocycles. The largest absolute Gasteiger partial charge is 0.310 e. The summed E-state index contributed by atoms with van der Waals surface area (Å²) in [6.45, 7) is 5.08. The summed E-state index contributed by atoms with van der Waals surface area (Å²) in [5, 5.41) is 5.10. The molecule has 1 unspecified atom stereocenters. The molecule has 4 heteroatoms. The van der Waals surface area contributed by atoms with Crippen molar-refractivity contribution in [3.63, 3.8) is 0 Å². The maximum Gasteiger partial charge on any atom is 0.0711 e. The molecule has 0 saturated heterocycles. The highest BCUT2D eigenvalue weighted by atomic mass is 32.1. The molecule has 1 spiro atoms. The van der Waals surface area contributed by atoms with E-state index in [2.05, 4.69) is 275 Å². The number of hydrogen-bond acceptors (Lipinski definition) is 3. The maximum atomic E-state index is 5.08. The average molecular weight is 938 g/mol. The summed E-state index contributed by atoms with van der Waals surface area (Å²) in [5.41, 5.74) is 18.1. The highest BCUT2D eigenvalue weighted by molar-refractivity contribution is 7.27. The lowest BCUT2D eigenvalue weighted by molar-refractivity contribution is 0.760. The zero-order chi connectivity index (χ0) is 47.8. The van der Waals surface area contributed by atoms with E-state index in [9.17, 15) is 0 Å². The molecule has 12 aromatic rings. The highest BCUT2D eigenvalue weighted by Gasteiger charge is 2.48. The minimum atomic E-state index is -0.711. The van der Waals surface area contributed by atoms with E-state index in [0.717, 1.165) is 51.8 Å². The molecule has 340 valence electrons. The lowest BCUT2D eigenvalue weighted by Gasteiger charge is -2.36. The number of rotatable bonds is 7. The molecular weight excluding hydrogens is 891 g/mol. The lowest BCUT2D eigenvalue weighted by atomic mass is 9.66. The van der Waals surface area contributed by atoms with E-state index in [4.69, 9.17) is 6.58 Å². The van der Waals surface area contributed by atoms with E-state index in [1.54, 1.807) is 0 Å². The monoisotopic (exact) mass is 937 g/mol. The Bertz CT molecular complexity index is 4050.